The second-order valence-corrected chi connectivity index (χ2v) is 5.85. The molecular formula is C22H20N2O4. The highest BCUT2D eigenvalue weighted by molar-refractivity contribution is 5.59. The molecule has 0 aromatic heterocycles. The molecule has 6 nitrogen and oxygen atoms in total. The van der Waals surface area contributed by atoms with Crippen molar-refractivity contribution in [1.29, 1.82) is 0 Å². The van der Waals surface area contributed by atoms with Gasteiger partial charge in [-0.05, 0) is 36.2 Å². The maximum absolute atomic E-state index is 10.7. The summed E-state index contributed by atoms with van der Waals surface area (Å²) in [4.78, 5) is 28.6. The van der Waals surface area contributed by atoms with Crippen LogP contribution in [-0.2, 0) is 16.0 Å². The van der Waals surface area contributed by atoms with Crippen molar-refractivity contribution in [3.63, 3.8) is 0 Å². The molecule has 0 saturated carbocycles. The minimum Gasteiger partial charge on any atom is -0.487 e. The van der Waals surface area contributed by atoms with Crippen LogP contribution in [0.2, 0.25) is 0 Å². The standard InChI is InChI=1S/C22H20N2O4/c1-4-10-27-22-9-7-17(12-21(22)24-15-26)11-18(5-2)28-19-8-6-16(3)20(13-19)23-14-25/h4-9,12-13,18H,1-2,10-11H2,3H3. The minimum atomic E-state index is -0.344. The van der Waals surface area contributed by atoms with E-state index < -0.39 is 0 Å². The molecule has 1 atom stereocenters. The predicted molar refractivity (Wildman–Crippen MR) is 107 cm³/mol. The van der Waals surface area contributed by atoms with Gasteiger partial charge in [-0.25, -0.2) is 9.59 Å². The Kier molecular flexibility index (Phi) is 7.67. The van der Waals surface area contributed by atoms with Gasteiger partial charge in [0, 0.05) is 12.5 Å². The van der Waals surface area contributed by atoms with Crippen LogP contribution in [-0.4, -0.2) is 24.9 Å². The van der Waals surface area contributed by atoms with E-state index in [1.165, 1.54) is 12.2 Å². The third-order valence-electron chi connectivity index (χ3n) is 3.88. The van der Waals surface area contributed by atoms with Crippen molar-refractivity contribution in [3.8, 4) is 11.5 Å². The van der Waals surface area contributed by atoms with E-state index in [2.05, 4.69) is 23.1 Å². The normalized spacial score (nSPS) is 10.8. The highest BCUT2D eigenvalue weighted by Crippen LogP contribution is 2.30. The third-order valence-corrected chi connectivity index (χ3v) is 3.88. The van der Waals surface area contributed by atoms with Crippen LogP contribution in [0.15, 0.2) is 71.7 Å². The van der Waals surface area contributed by atoms with Crippen LogP contribution < -0.4 is 9.47 Å². The fourth-order valence-electron chi connectivity index (χ4n) is 2.51. The van der Waals surface area contributed by atoms with Gasteiger partial charge in [-0.3, -0.25) is 0 Å². The van der Waals surface area contributed by atoms with E-state index in [4.69, 9.17) is 9.47 Å². The molecule has 2 aromatic rings. The monoisotopic (exact) mass is 376 g/mol. The first kappa shape index (κ1) is 20.6. The van der Waals surface area contributed by atoms with E-state index in [1.54, 1.807) is 36.4 Å². The van der Waals surface area contributed by atoms with Crippen LogP contribution in [0, 0.1) is 6.92 Å². The Labute approximate surface area is 163 Å². The average Bonchev–Trinajstić information content (AvgIpc) is 2.69. The quantitative estimate of drug-likeness (QED) is 0.343. The van der Waals surface area contributed by atoms with Crippen LogP contribution in [0.4, 0.5) is 11.4 Å². The van der Waals surface area contributed by atoms with Crippen molar-refractivity contribution in [3.05, 3.63) is 72.8 Å². The third kappa shape index (κ3) is 5.64. The molecule has 0 fully saturated rings. The Bertz CT molecular complexity index is 955. The summed E-state index contributed by atoms with van der Waals surface area (Å²) in [5.41, 5.74) is 2.61. The molecule has 0 spiro atoms. The van der Waals surface area contributed by atoms with Gasteiger partial charge in [0.15, 0.2) is 0 Å². The summed E-state index contributed by atoms with van der Waals surface area (Å²) >= 11 is 0. The fourth-order valence-corrected chi connectivity index (χ4v) is 2.51. The number of hydrogen-bond acceptors (Lipinski definition) is 6. The largest absolute Gasteiger partial charge is 0.487 e. The number of isocyanates is 2. The number of ether oxygens (including phenoxy) is 2. The number of aliphatic imine (C=N–C) groups is 2. The Balaban J connectivity index is 2.20. The van der Waals surface area contributed by atoms with Gasteiger partial charge in [0.05, 0.1) is 5.69 Å². The molecule has 6 heteroatoms. The van der Waals surface area contributed by atoms with Gasteiger partial charge in [-0.2, -0.15) is 9.98 Å². The summed E-state index contributed by atoms with van der Waals surface area (Å²) in [6, 6.07) is 10.6. The Morgan fingerprint density at radius 2 is 1.82 bits per heavy atom. The van der Waals surface area contributed by atoms with Gasteiger partial charge in [0.1, 0.15) is 29.9 Å². The van der Waals surface area contributed by atoms with Gasteiger partial charge < -0.3 is 9.47 Å². The number of benzene rings is 2. The summed E-state index contributed by atoms with van der Waals surface area (Å²) in [7, 11) is 0. The second-order valence-electron chi connectivity index (χ2n) is 5.85. The molecule has 2 aromatic carbocycles. The summed E-state index contributed by atoms with van der Waals surface area (Å²) in [6.45, 7) is 9.56. The molecule has 0 amide bonds. The zero-order chi connectivity index (χ0) is 20.4. The molecular weight excluding hydrogens is 356 g/mol. The van der Waals surface area contributed by atoms with E-state index in [0.29, 0.717) is 35.9 Å². The Morgan fingerprint density at radius 1 is 1.07 bits per heavy atom. The molecule has 0 aliphatic carbocycles. The average molecular weight is 376 g/mol. The van der Waals surface area contributed by atoms with Crippen molar-refractivity contribution < 1.29 is 19.1 Å². The molecule has 142 valence electrons. The Morgan fingerprint density at radius 3 is 2.50 bits per heavy atom. The maximum atomic E-state index is 10.7. The first-order chi connectivity index (χ1) is 13.6. The lowest BCUT2D eigenvalue weighted by atomic mass is 10.1. The van der Waals surface area contributed by atoms with Gasteiger partial charge >= 0.3 is 0 Å². The molecule has 0 aliphatic rings. The van der Waals surface area contributed by atoms with Crippen LogP contribution >= 0.6 is 0 Å². The van der Waals surface area contributed by atoms with Crippen molar-refractivity contribution >= 4 is 23.5 Å². The second kappa shape index (κ2) is 10.4. The minimum absolute atomic E-state index is 0.304. The van der Waals surface area contributed by atoms with Gasteiger partial charge in [0.2, 0.25) is 12.2 Å². The molecule has 0 aliphatic heterocycles. The number of hydrogen-bond donors (Lipinski definition) is 0. The smallest absolute Gasteiger partial charge is 0.240 e. The van der Waals surface area contributed by atoms with E-state index in [-0.39, 0.29) is 6.10 Å². The van der Waals surface area contributed by atoms with E-state index in [0.717, 1.165) is 11.1 Å². The molecule has 0 N–H and O–H groups in total. The predicted octanol–water partition coefficient (Wildman–Crippen LogP) is 4.67. The Hall–Kier alpha value is -3.72. The van der Waals surface area contributed by atoms with Crippen LogP contribution in [0.25, 0.3) is 0 Å². The molecule has 28 heavy (non-hydrogen) atoms. The van der Waals surface area contributed by atoms with Gasteiger partial charge in [0.25, 0.3) is 0 Å². The number of aryl methyl sites for hydroxylation is 1. The summed E-state index contributed by atoms with van der Waals surface area (Å²) in [5, 5.41) is 0. The van der Waals surface area contributed by atoms with Crippen LogP contribution in [0.5, 0.6) is 11.5 Å². The molecule has 0 radical (unpaired) electrons. The van der Waals surface area contributed by atoms with Crippen molar-refractivity contribution in [2.75, 3.05) is 6.61 Å². The van der Waals surface area contributed by atoms with E-state index >= 15 is 0 Å². The summed E-state index contributed by atoms with van der Waals surface area (Å²) < 4.78 is 11.4. The lowest BCUT2D eigenvalue weighted by Crippen LogP contribution is -2.16. The van der Waals surface area contributed by atoms with E-state index in [9.17, 15) is 9.59 Å². The van der Waals surface area contributed by atoms with Crippen LogP contribution in [0.1, 0.15) is 11.1 Å². The fraction of sp³-hybridized carbons (Fsp3) is 0.182. The molecule has 0 saturated heterocycles. The van der Waals surface area contributed by atoms with E-state index in [1.807, 2.05) is 19.1 Å². The van der Waals surface area contributed by atoms with Crippen molar-refractivity contribution in [1.82, 2.24) is 0 Å². The highest BCUT2D eigenvalue weighted by atomic mass is 16.5. The van der Waals surface area contributed by atoms with Crippen molar-refractivity contribution in [2.45, 2.75) is 19.4 Å². The molecule has 1 unspecified atom stereocenters. The number of rotatable bonds is 10. The van der Waals surface area contributed by atoms with Crippen LogP contribution in [0.3, 0.4) is 0 Å². The highest BCUT2D eigenvalue weighted by Gasteiger charge is 2.12. The zero-order valence-electron chi connectivity index (χ0n) is 15.6. The molecule has 2 rings (SSSR count). The SMILES string of the molecule is C=CCOc1ccc(CC(C=C)Oc2ccc(C)c(N=C=O)c2)cc1N=C=O. The van der Waals surface area contributed by atoms with Crippen molar-refractivity contribution in [2.24, 2.45) is 9.98 Å². The number of nitrogens with zero attached hydrogens (tertiary/aromatic N) is 2. The first-order valence-corrected chi connectivity index (χ1v) is 8.53. The summed E-state index contributed by atoms with van der Waals surface area (Å²) in [5.74, 6) is 1.03. The van der Waals surface area contributed by atoms with Gasteiger partial charge in [-0.15, -0.1) is 0 Å². The van der Waals surface area contributed by atoms with Gasteiger partial charge in [-0.1, -0.05) is 37.4 Å². The first-order valence-electron chi connectivity index (χ1n) is 8.53. The topological polar surface area (TPSA) is 77.3 Å². The molecule has 0 bridgehead atoms. The molecule has 0 heterocycles. The lowest BCUT2D eigenvalue weighted by molar-refractivity contribution is 0.250. The zero-order valence-corrected chi connectivity index (χ0v) is 15.6. The summed E-state index contributed by atoms with van der Waals surface area (Å²) in [6.07, 6.45) is 6.50. The maximum Gasteiger partial charge on any atom is 0.240 e. The lowest BCUT2D eigenvalue weighted by Gasteiger charge is -2.17. The number of carbonyl (C=O) groups excluding carboxylic acids is 2.